The number of rotatable bonds is 3. The third-order valence-corrected chi connectivity index (χ3v) is 2.80. The highest BCUT2D eigenvalue weighted by atomic mass is 19.1. The van der Waals surface area contributed by atoms with Gasteiger partial charge in [0.05, 0.1) is 32.1 Å². The van der Waals surface area contributed by atoms with Crippen LogP contribution in [0.3, 0.4) is 0 Å². The Morgan fingerprint density at radius 3 is 2.61 bits per heavy atom. The fraction of sp³-hybridized carbons (Fsp3) is 0.538. The largest absolute Gasteiger partial charge is 0.497 e. The van der Waals surface area contributed by atoms with E-state index in [0.29, 0.717) is 24.7 Å². The van der Waals surface area contributed by atoms with Crippen LogP contribution in [0.5, 0.6) is 5.75 Å². The molecule has 1 heterocycles. The van der Waals surface area contributed by atoms with E-state index >= 15 is 0 Å². The molecule has 0 aliphatic carbocycles. The number of benzene rings is 1. The molecule has 1 aromatic carbocycles. The van der Waals surface area contributed by atoms with E-state index < -0.39 is 5.79 Å². The first-order valence-corrected chi connectivity index (χ1v) is 5.88. The van der Waals surface area contributed by atoms with Gasteiger partial charge < -0.3 is 19.5 Å². The lowest BCUT2D eigenvalue weighted by Gasteiger charge is -2.35. The van der Waals surface area contributed by atoms with Crippen molar-refractivity contribution in [3.8, 4) is 5.75 Å². The van der Waals surface area contributed by atoms with E-state index in [1.807, 2.05) is 13.8 Å². The van der Waals surface area contributed by atoms with E-state index in [2.05, 4.69) is 5.32 Å². The third-order valence-electron chi connectivity index (χ3n) is 2.80. The summed E-state index contributed by atoms with van der Waals surface area (Å²) in [5.74, 6) is -0.275. The van der Waals surface area contributed by atoms with Crippen molar-refractivity contribution in [1.29, 1.82) is 0 Å². The van der Waals surface area contributed by atoms with Gasteiger partial charge in [0.2, 0.25) is 0 Å². The second kappa shape index (κ2) is 5.12. The number of hydrogen-bond acceptors (Lipinski definition) is 4. The van der Waals surface area contributed by atoms with Gasteiger partial charge in [0.25, 0.3) is 0 Å². The minimum atomic E-state index is -0.564. The second-order valence-electron chi connectivity index (χ2n) is 4.71. The second-order valence-corrected chi connectivity index (χ2v) is 4.71. The van der Waals surface area contributed by atoms with Gasteiger partial charge in [-0.05, 0) is 26.0 Å². The Morgan fingerprint density at radius 2 is 2.00 bits per heavy atom. The van der Waals surface area contributed by atoms with Crippen LogP contribution in [0.25, 0.3) is 0 Å². The Bertz CT molecular complexity index is 413. The zero-order valence-corrected chi connectivity index (χ0v) is 10.8. The molecular formula is C13H18FNO3. The molecule has 100 valence electrons. The summed E-state index contributed by atoms with van der Waals surface area (Å²) in [5, 5.41) is 3.06. The van der Waals surface area contributed by atoms with Crippen LogP contribution < -0.4 is 10.1 Å². The molecule has 0 aromatic heterocycles. The molecule has 0 atom stereocenters. The highest BCUT2D eigenvalue weighted by molar-refractivity contribution is 5.50. The molecule has 1 fully saturated rings. The van der Waals surface area contributed by atoms with Crippen molar-refractivity contribution in [2.45, 2.75) is 25.7 Å². The first kappa shape index (κ1) is 13.1. The molecule has 2 rings (SSSR count). The van der Waals surface area contributed by atoms with Gasteiger partial charge in [0, 0.05) is 6.07 Å². The van der Waals surface area contributed by atoms with Crippen LogP contribution in [-0.2, 0) is 9.47 Å². The summed E-state index contributed by atoms with van der Waals surface area (Å²) in [7, 11) is 1.55. The quantitative estimate of drug-likeness (QED) is 0.900. The van der Waals surface area contributed by atoms with Crippen LogP contribution in [0.2, 0.25) is 0 Å². The van der Waals surface area contributed by atoms with Crippen molar-refractivity contribution < 1.29 is 18.6 Å². The number of halogens is 1. The first-order chi connectivity index (χ1) is 8.50. The van der Waals surface area contributed by atoms with E-state index in [4.69, 9.17) is 14.2 Å². The fourth-order valence-electron chi connectivity index (χ4n) is 1.74. The molecule has 1 aliphatic rings. The normalized spacial score (nSPS) is 19.6. The molecule has 18 heavy (non-hydrogen) atoms. The highest BCUT2D eigenvalue weighted by Gasteiger charge is 2.28. The zero-order valence-electron chi connectivity index (χ0n) is 10.8. The average molecular weight is 255 g/mol. The van der Waals surface area contributed by atoms with Gasteiger partial charge >= 0.3 is 0 Å². The molecule has 0 spiro atoms. The van der Waals surface area contributed by atoms with Gasteiger partial charge in [-0.1, -0.05) is 0 Å². The van der Waals surface area contributed by atoms with E-state index in [9.17, 15) is 4.39 Å². The molecule has 1 N–H and O–H groups in total. The Kier molecular flexibility index (Phi) is 3.73. The standard InChI is InChI=1S/C13H18FNO3/c1-13(2)17-7-9(8-18-13)15-12-6-10(16-3)4-5-11(12)14/h4-6,9,15H,7-8H2,1-3H3. The van der Waals surface area contributed by atoms with Crippen molar-refractivity contribution in [2.24, 2.45) is 0 Å². The maximum absolute atomic E-state index is 13.6. The average Bonchev–Trinajstić information content (AvgIpc) is 2.34. The minimum absolute atomic E-state index is 0.0698. The highest BCUT2D eigenvalue weighted by Crippen LogP contribution is 2.24. The number of anilines is 1. The topological polar surface area (TPSA) is 39.7 Å². The summed E-state index contributed by atoms with van der Waals surface area (Å²) in [6, 6.07) is 4.50. The molecule has 4 nitrogen and oxygen atoms in total. The summed E-state index contributed by atoms with van der Waals surface area (Å²) in [6.07, 6.45) is 0. The van der Waals surface area contributed by atoms with E-state index in [0.717, 1.165) is 0 Å². The van der Waals surface area contributed by atoms with Gasteiger partial charge in [-0.2, -0.15) is 0 Å². The zero-order chi connectivity index (χ0) is 13.2. The Labute approximate surface area is 106 Å². The lowest BCUT2D eigenvalue weighted by atomic mass is 10.2. The van der Waals surface area contributed by atoms with Crippen LogP contribution in [0, 0.1) is 5.82 Å². The van der Waals surface area contributed by atoms with Crippen LogP contribution in [0.15, 0.2) is 18.2 Å². The summed E-state index contributed by atoms with van der Waals surface area (Å²) in [6.45, 7) is 4.66. The predicted molar refractivity (Wildman–Crippen MR) is 66.3 cm³/mol. The smallest absolute Gasteiger partial charge is 0.162 e. The van der Waals surface area contributed by atoms with E-state index in [1.54, 1.807) is 19.2 Å². The third kappa shape index (κ3) is 3.11. The lowest BCUT2D eigenvalue weighted by Crippen LogP contribution is -2.45. The number of ether oxygens (including phenoxy) is 3. The maximum atomic E-state index is 13.6. The number of methoxy groups -OCH3 is 1. The fourth-order valence-corrected chi connectivity index (χ4v) is 1.74. The Hall–Kier alpha value is -1.33. The Balaban J connectivity index is 2.01. The molecular weight excluding hydrogens is 237 g/mol. The monoisotopic (exact) mass is 255 g/mol. The van der Waals surface area contributed by atoms with Crippen molar-refractivity contribution in [1.82, 2.24) is 0 Å². The van der Waals surface area contributed by atoms with Gasteiger partial charge in [-0.15, -0.1) is 0 Å². The van der Waals surface area contributed by atoms with Gasteiger partial charge in [-0.25, -0.2) is 4.39 Å². The van der Waals surface area contributed by atoms with Gasteiger partial charge in [0.15, 0.2) is 5.79 Å². The molecule has 0 radical (unpaired) electrons. The summed E-state index contributed by atoms with van der Waals surface area (Å²) in [5.41, 5.74) is 0.395. The SMILES string of the molecule is COc1ccc(F)c(NC2COC(C)(C)OC2)c1. The first-order valence-electron chi connectivity index (χ1n) is 5.88. The molecule has 1 saturated heterocycles. The maximum Gasteiger partial charge on any atom is 0.162 e. The van der Waals surface area contributed by atoms with Crippen molar-refractivity contribution in [2.75, 3.05) is 25.6 Å². The van der Waals surface area contributed by atoms with Crippen molar-refractivity contribution in [3.05, 3.63) is 24.0 Å². The number of nitrogens with one attached hydrogen (secondary N) is 1. The molecule has 0 bridgehead atoms. The van der Waals surface area contributed by atoms with Gasteiger partial charge in [0.1, 0.15) is 11.6 Å². The van der Waals surface area contributed by atoms with Gasteiger partial charge in [-0.3, -0.25) is 0 Å². The summed E-state index contributed by atoms with van der Waals surface area (Å²) in [4.78, 5) is 0. The van der Waals surface area contributed by atoms with Crippen LogP contribution >= 0.6 is 0 Å². The summed E-state index contributed by atoms with van der Waals surface area (Å²) >= 11 is 0. The van der Waals surface area contributed by atoms with Crippen LogP contribution in [0.1, 0.15) is 13.8 Å². The molecule has 5 heteroatoms. The molecule has 0 unspecified atom stereocenters. The van der Waals surface area contributed by atoms with Crippen LogP contribution in [0.4, 0.5) is 10.1 Å². The summed E-state index contributed by atoms with van der Waals surface area (Å²) < 4.78 is 29.7. The molecule has 1 aliphatic heterocycles. The molecule has 1 aromatic rings. The minimum Gasteiger partial charge on any atom is -0.497 e. The van der Waals surface area contributed by atoms with Crippen molar-refractivity contribution in [3.63, 3.8) is 0 Å². The predicted octanol–water partition coefficient (Wildman–Crippen LogP) is 2.40. The van der Waals surface area contributed by atoms with Crippen molar-refractivity contribution >= 4 is 5.69 Å². The molecule has 0 amide bonds. The van der Waals surface area contributed by atoms with E-state index in [-0.39, 0.29) is 11.9 Å². The number of hydrogen-bond donors (Lipinski definition) is 1. The van der Waals surface area contributed by atoms with E-state index in [1.165, 1.54) is 6.07 Å². The lowest BCUT2D eigenvalue weighted by molar-refractivity contribution is -0.247. The Morgan fingerprint density at radius 1 is 1.33 bits per heavy atom. The van der Waals surface area contributed by atoms with Crippen LogP contribution in [-0.4, -0.2) is 32.2 Å². The molecule has 0 saturated carbocycles.